The summed E-state index contributed by atoms with van der Waals surface area (Å²) in [7, 11) is 0. The van der Waals surface area contributed by atoms with E-state index in [0.717, 1.165) is 11.1 Å². The van der Waals surface area contributed by atoms with Gasteiger partial charge in [0.15, 0.2) is 0 Å². The average molecular weight is 425 g/mol. The number of carbonyl (C=O) groups is 1. The highest BCUT2D eigenvalue weighted by atomic mass is 32.1. The standard InChI is InChI=1S/C20H19N5O4S/c1-3-29-20(26)23-18-17(15-9-7-13(2)8-10-15)22-19(30-18)24-21-12-14-5-4-6-16(11-14)25(27)28/h4-12H,3H2,1-2H3,(H,22,24)(H,23,26)/b21-12-. The predicted molar refractivity (Wildman–Crippen MR) is 117 cm³/mol. The van der Waals surface area contributed by atoms with Gasteiger partial charge >= 0.3 is 6.09 Å². The van der Waals surface area contributed by atoms with Crippen LogP contribution in [0.25, 0.3) is 11.3 Å². The summed E-state index contributed by atoms with van der Waals surface area (Å²) < 4.78 is 4.96. The monoisotopic (exact) mass is 425 g/mol. The van der Waals surface area contributed by atoms with Crippen LogP contribution in [0.1, 0.15) is 18.1 Å². The Morgan fingerprint density at radius 2 is 2.07 bits per heavy atom. The summed E-state index contributed by atoms with van der Waals surface area (Å²) in [6.45, 7) is 3.96. The predicted octanol–water partition coefficient (Wildman–Crippen LogP) is 5.04. The molecule has 0 fully saturated rings. The smallest absolute Gasteiger partial charge is 0.412 e. The molecule has 1 amide bonds. The molecule has 0 saturated heterocycles. The SMILES string of the molecule is CCOC(=O)Nc1sc(N/N=C\c2cccc([N+](=O)[O-])c2)nc1-c1ccc(C)cc1. The van der Waals surface area contributed by atoms with E-state index < -0.39 is 11.0 Å². The van der Waals surface area contributed by atoms with E-state index in [4.69, 9.17) is 4.74 Å². The first-order chi connectivity index (χ1) is 14.5. The normalized spacial score (nSPS) is 10.7. The van der Waals surface area contributed by atoms with E-state index in [1.165, 1.54) is 29.7 Å². The van der Waals surface area contributed by atoms with E-state index in [2.05, 4.69) is 20.8 Å². The van der Waals surface area contributed by atoms with E-state index in [1.807, 2.05) is 31.2 Å². The van der Waals surface area contributed by atoms with Crippen molar-refractivity contribution in [1.82, 2.24) is 4.98 Å². The molecule has 30 heavy (non-hydrogen) atoms. The van der Waals surface area contributed by atoms with Crippen molar-refractivity contribution in [1.29, 1.82) is 0 Å². The number of nitrogens with one attached hydrogen (secondary N) is 2. The van der Waals surface area contributed by atoms with E-state index in [9.17, 15) is 14.9 Å². The fourth-order valence-corrected chi connectivity index (χ4v) is 3.32. The van der Waals surface area contributed by atoms with E-state index in [0.29, 0.717) is 21.4 Å². The maximum Gasteiger partial charge on any atom is 0.412 e. The van der Waals surface area contributed by atoms with Crippen LogP contribution in [0.5, 0.6) is 0 Å². The lowest BCUT2D eigenvalue weighted by atomic mass is 10.1. The third kappa shape index (κ3) is 5.39. The number of carbonyl (C=O) groups excluding carboxylic acids is 1. The summed E-state index contributed by atoms with van der Waals surface area (Å²) in [5.41, 5.74) is 5.88. The molecule has 154 valence electrons. The van der Waals surface area contributed by atoms with Crippen molar-refractivity contribution in [3.05, 3.63) is 69.8 Å². The number of aromatic nitrogens is 1. The minimum atomic E-state index is -0.568. The number of ether oxygens (including phenoxy) is 1. The lowest BCUT2D eigenvalue weighted by Gasteiger charge is -2.05. The zero-order valence-corrected chi connectivity index (χ0v) is 17.1. The molecule has 3 aromatic rings. The molecular formula is C20H19N5O4S. The van der Waals surface area contributed by atoms with Gasteiger partial charge in [0.1, 0.15) is 10.7 Å². The average Bonchev–Trinajstić information content (AvgIpc) is 3.11. The van der Waals surface area contributed by atoms with Crippen LogP contribution in [0.3, 0.4) is 0 Å². The largest absolute Gasteiger partial charge is 0.450 e. The van der Waals surface area contributed by atoms with Gasteiger partial charge in [-0.3, -0.25) is 20.9 Å². The third-order valence-electron chi connectivity index (χ3n) is 3.90. The number of thiazole rings is 1. The zero-order chi connectivity index (χ0) is 21.5. The van der Waals surface area contributed by atoms with Crippen LogP contribution in [0.4, 0.5) is 20.6 Å². The number of rotatable bonds is 7. The first-order valence-electron chi connectivity index (χ1n) is 9.01. The highest BCUT2D eigenvalue weighted by molar-refractivity contribution is 7.20. The summed E-state index contributed by atoms with van der Waals surface area (Å²) >= 11 is 1.20. The topological polar surface area (TPSA) is 119 Å². The number of non-ortho nitro benzene ring substituents is 1. The molecule has 2 N–H and O–H groups in total. The first-order valence-corrected chi connectivity index (χ1v) is 9.83. The summed E-state index contributed by atoms with van der Waals surface area (Å²) in [4.78, 5) is 26.8. The molecule has 0 unspecified atom stereocenters. The maximum absolute atomic E-state index is 11.9. The molecule has 0 bridgehead atoms. The molecule has 3 rings (SSSR count). The highest BCUT2D eigenvalue weighted by Gasteiger charge is 2.16. The fraction of sp³-hybridized carbons (Fsp3) is 0.150. The molecule has 0 aliphatic heterocycles. The van der Waals surface area contributed by atoms with E-state index in [-0.39, 0.29) is 12.3 Å². The molecule has 0 saturated carbocycles. The second-order valence-electron chi connectivity index (χ2n) is 6.13. The molecule has 0 aliphatic rings. The van der Waals surface area contributed by atoms with Gasteiger partial charge in [0, 0.05) is 23.3 Å². The maximum atomic E-state index is 11.9. The van der Waals surface area contributed by atoms with Gasteiger partial charge in [0.05, 0.1) is 17.7 Å². The van der Waals surface area contributed by atoms with Crippen molar-refractivity contribution in [2.45, 2.75) is 13.8 Å². The molecule has 0 spiro atoms. The number of nitro groups is 1. The van der Waals surface area contributed by atoms with Gasteiger partial charge in [0.2, 0.25) is 5.13 Å². The number of hydrazone groups is 1. The Morgan fingerprint density at radius 3 is 2.77 bits per heavy atom. The summed E-state index contributed by atoms with van der Waals surface area (Å²) in [5.74, 6) is 0. The van der Waals surface area contributed by atoms with Crippen LogP contribution >= 0.6 is 11.3 Å². The molecule has 2 aromatic carbocycles. The van der Waals surface area contributed by atoms with Crippen molar-refractivity contribution in [3.63, 3.8) is 0 Å². The van der Waals surface area contributed by atoms with Crippen molar-refractivity contribution < 1.29 is 14.5 Å². The lowest BCUT2D eigenvalue weighted by molar-refractivity contribution is -0.384. The Labute approximate surface area is 176 Å². The number of anilines is 2. The Bertz CT molecular complexity index is 1080. The number of nitrogens with zero attached hydrogens (tertiary/aromatic N) is 3. The molecule has 9 nitrogen and oxygen atoms in total. The van der Waals surface area contributed by atoms with Crippen LogP contribution in [0, 0.1) is 17.0 Å². The Balaban J connectivity index is 1.82. The molecule has 0 aliphatic carbocycles. The molecular weight excluding hydrogens is 406 g/mol. The van der Waals surface area contributed by atoms with Gasteiger partial charge in [-0.15, -0.1) is 0 Å². The van der Waals surface area contributed by atoms with Gasteiger partial charge in [0.25, 0.3) is 5.69 Å². The van der Waals surface area contributed by atoms with Crippen LogP contribution in [0.2, 0.25) is 0 Å². The van der Waals surface area contributed by atoms with Crippen LogP contribution in [0.15, 0.2) is 53.6 Å². The number of hydrogen-bond donors (Lipinski definition) is 2. The van der Waals surface area contributed by atoms with Crippen LogP contribution in [-0.4, -0.2) is 28.8 Å². The number of amides is 1. The van der Waals surface area contributed by atoms with Crippen molar-refractivity contribution in [2.24, 2.45) is 5.10 Å². The van der Waals surface area contributed by atoms with Crippen molar-refractivity contribution >= 4 is 39.5 Å². The van der Waals surface area contributed by atoms with Gasteiger partial charge in [-0.05, 0) is 13.8 Å². The van der Waals surface area contributed by atoms with Crippen molar-refractivity contribution in [3.8, 4) is 11.3 Å². The molecule has 0 atom stereocenters. The van der Waals surface area contributed by atoms with Gasteiger partial charge in [-0.1, -0.05) is 53.3 Å². The third-order valence-corrected chi connectivity index (χ3v) is 4.77. The van der Waals surface area contributed by atoms with Crippen LogP contribution < -0.4 is 10.7 Å². The number of aryl methyl sites for hydroxylation is 1. The van der Waals surface area contributed by atoms with Crippen LogP contribution in [-0.2, 0) is 4.74 Å². The minimum absolute atomic E-state index is 0.0178. The Kier molecular flexibility index (Phi) is 6.71. The molecule has 10 heteroatoms. The molecule has 1 heterocycles. The van der Waals surface area contributed by atoms with E-state index >= 15 is 0 Å². The second-order valence-corrected chi connectivity index (χ2v) is 7.13. The van der Waals surface area contributed by atoms with Crippen molar-refractivity contribution in [2.75, 3.05) is 17.3 Å². The summed E-state index contributed by atoms with van der Waals surface area (Å²) in [6, 6.07) is 13.8. The zero-order valence-electron chi connectivity index (χ0n) is 16.3. The number of benzene rings is 2. The summed E-state index contributed by atoms with van der Waals surface area (Å²) in [6.07, 6.45) is 0.888. The quantitative estimate of drug-likeness (QED) is 0.311. The Morgan fingerprint density at radius 1 is 1.30 bits per heavy atom. The minimum Gasteiger partial charge on any atom is -0.450 e. The first kappa shape index (κ1) is 20.9. The number of nitro benzene ring substituents is 1. The number of hydrogen-bond acceptors (Lipinski definition) is 8. The Hall–Kier alpha value is -3.79. The second kappa shape index (κ2) is 9.61. The van der Waals surface area contributed by atoms with E-state index in [1.54, 1.807) is 19.1 Å². The highest BCUT2D eigenvalue weighted by Crippen LogP contribution is 2.36. The van der Waals surface area contributed by atoms with Gasteiger partial charge < -0.3 is 4.74 Å². The summed E-state index contributed by atoms with van der Waals surface area (Å²) in [5, 5.41) is 18.6. The van der Waals surface area contributed by atoms with Gasteiger partial charge in [-0.2, -0.15) is 5.10 Å². The fourth-order valence-electron chi connectivity index (χ4n) is 2.50. The molecule has 1 aromatic heterocycles. The lowest BCUT2D eigenvalue weighted by Crippen LogP contribution is -2.12. The molecule has 0 radical (unpaired) electrons. The van der Waals surface area contributed by atoms with Gasteiger partial charge in [-0.25, -0.2) is 9.78 Å².